The number of carboxylic acid groups (broad SMARTS) is 1. The number of hydrogen-bond acceptors (Lipinski definition) is 6. The number of pyridine rings is 1. The monoisotopic (exact) mass is 422 g/mol. The van der Waals surface area contributed by atoms with Gasteiger partial charge in [0.1, 0.15) is 5.65 Å². The second-order valence-electron chi connectivity index (χ2n) is 6.64. The topological polar surface area (TPSA) is 89.3 Å². The van der Waals surface area contributed by atoms with Crippen molar-refractivity contribution in [2.24, 2.45) is 0 Å². The largest absolute Gasteiger partial charge is 0.481 e. The molecule has 6 nitrogen and oxygen atoms in total. The predicted octanol–water partition coefficient (Wildman–Crippen LogP) is 4.00. The summed E-state index contributed by atoms with van der Waals surface area (Å²) >= 11 is 3.07. The van der Waals surface area contributed by atoms with E-state index in [1.54, 1.807) is 11.3 Å². The lowest BCUT2D eigenvalue weighted by molar-refractivity contribution is -0.137. The van der Waals surface area contributed by atoms with Crippen LogP contribution < -0.4 is 0 Å². The van der Waals surface area contributed by atoms with Crippen molar-refractivity contribution < 1.29 is 18.3 Å². The van der Waals surface area contributed by atoms with Crippen LogP contribution in [-0.2, 0) is 21.2 Å². The highest BCUT2D eigenvalue weighted by molar-refractivity contribution is 7.99. The minimum atomic E-state index is -3.45. The van der Waals surface area contributed by atoms with E-state index in [9.17, 15) is 18.3 Å². The minimum absolute atomic E-state index is 0.0295. The average Bonchev–Trinajstić information content (AvgIpc) is 3.21. The van der Waals surface area contributed by atoms with Crippen molar-refractivity contribution in [1.82, 2.24) is 9.55 Å². The standard InChI is InChI=1S/C18H18N2O4S3/c1-27(23,24)13-4-6-19-18-15(13)17(26-12-5-8-25-10-12)16-11(9-14(21)22)3-2-7-20(16)18/h4-6,8,10-11H,2-3,7,9H2,1H3,(H,21,22). The molecule has 0 saturated heterocycles. The number of fused-ring (bicyclic) bond motifs is 3. The van der Waals surface area contributed by atoms with Gasteiger partial charge in [0.2, 0.25) is 0 Å². The van der Waals surface area contributed by atoms with E-state index in [1.165, 1.54) is 30.3 Å². The number of aliphatic carboxylic acids is 1. The molecule has 0 amide bonds. The highest BCUT2D eigenvalue weighted by Crippen LogP contribution is 2.47. The molecule has 3 aromatic heterocycles. The molecule has 27 heavy (non-hydrogen) atoms. The Morgan fingerprint density at radius 2 is 2.26 bits per heavy atom. The van der Waals surface area contributed by atoms with Gasteiger partial charge in [-0.3, -0.25) is 4.79 Å². The van der Waals surface area contributed by atoms with Crippen LogP contribution in [0, 0.1) is 0 Å². The molecule has 1 aliphatic rings. The van der Waals surface area contributed by atoms with Crippen LogP contribution in [0.1, 0.15) is 30.9 Å². The summed E-state index contributed by atoms with van der Waals surface area (Å²) in [6.07, 6.45) is 4.37. The van der Waals surface area contributed by atoms with E-state index in [0.717, 1.165) is 28.3 Å². The number of rotatable bonds is 5. The van der Waals surface area contributed by atoms with Gasteiger partial charge in [0, 0.05) is 45.8 Å². The summed E-state index contributed by atoms with van der Waals surface area (Å²) in [6, 6.07) is 3.52. The van der Waals surface area contributed by atoms with Crippen molar-refractivity contribution in [1.29, 1.82) is 0 Å². The third-order valence-corrected chi connectivity index (χ3v) is 7.83. The summed E-state index contributed by atoms with van der Waals surface area (Å²) < 4.78 is 26.9. The lowest BCUT2D eigenvalue weighted by atomic mass is 9.93. The summed E-state index contributed by atoms with van der Waals surface area (Å²) in [5, 5.41) is 14.0. The molecule has 0 saturated carbocycles. The van der Waals surface area contributed by atoms with Gasteiger partial charge in [0.15, 0.2) is 9.84 Å². The molecule has 142 valence electrons. The van der Waals surface area contributed by atoms with E-state index in [1.807, 2.05) is 21.4 Å². The molecule has 0 aromatic carbocycles. The van der Waals surface area contributed by atoms with E-state index >= 15 is 0 Å². The molecule has 1 atom stereocenters. The Balaban J connectivity index is 2.04. The Kier molecular flexibility index (Phi) is 4.77. The Morgan fingerprint density at radius 1 is 1.44 bits per heavy atom. The lowest BCUT2D eigenvalue weighted by Crippen LogP contribution is -2.18. The number of sulfone groups is 1. The van der Waals surface area contributed by atoms with Crippen LogP contribution in [0.3, 0.4) is 0 Å². The summed E-state index contributed by atoms with van der Waals surface area (Å²) in [5.41, 5.74) is 1.53. The molecule has 0 bridgehead atoms. The third kappa shape index (κ3) is 3.39. The first-order chi connectivity index (χ1) is 12.9. The van der Waals surface area contributed by atoms with Crippen molar-refractivity contribution in [3.8, 4) is 0 Å². The fourth-order valence-corrected chi connectivity index (χ4v) is 6.69. The second-order valence-corrected chi connectivity index (χ2v) is 10.5. The SMILES string of the molecule is CS(=O)(=O)c1ccnc2c1c(Sc1ccsc1)c1n2CCCC1CC(=O)O. The van der Waals surface area contributed by atoms with Crippen molar-refractivity contribution in [3.05, 3.63) is 34.8 Å². The number of aryl methyl sites for hydroxylation is 1. The molecule has 0 fully saturated rings. The van der Waals surface area contributed by atoms with Crippen LogP contribution >= 0.6 is 23.1 Å². The van der Waals surface area contributed by atoms with Crippen molar-refractivity contribution in [3.63, 3.8) is 0 Å². The number of carbonyl (C=O) groups is 1. The molecule has 9 heteroatoms. The normalized spacial score (nSPS) is 17.1. The zero-order valence-electron chi connectivity index (χ0n) is 14.6. The Morgan fingerprint density at radius 3 is 2.93 bits per heavy atom. The van der Waals surface area contributed by atoms with Crippen LogP contribution in [-0.4, -0.2) is 35.3 Å². The average molecular weight is 423 g/mol. The summed E-state index contributed by atoms with van der Waals surface area (Å²) in [6.45, 7) is 0.715. The molecular weight excluding hydrogens is 404 g/mol. The Labute approximate surface area is 165 Å². The quantitative estimate of drug-likeness (QED) is 0.668. The van der Waals surface area contributed by atoms with Gasteiger partial charge in [-0.1, -0.05) is 11.8 Å². The second kappa shape index (κ2) is 6.96. The molecule has 4 heterocycles. The first-order valence-electron chi connectivity index (χ1n) is 8.49. The van der Waals surface area contributed by atoms with Gasteiger partial charge in [-0.2, -0.15) is 11.3 Å². The molecule has 0 aliphatic carbocycles. The van der Waals surface area contributed by atoms with Crippen molar-refractivity contribution in [2.75, 3.05) is 6.26 Å². The highest BCUT2D eigenvalue weighted by Gasteiger charge is 2.32. The predicted molar refractivity (Wildman–Crippen MR) is 106 cm³/mol. The van der Waals surface area contributed by atoms with Gasteiger partial charge in [-0.15, -0.1) is 0 Å². The molecule has 0 spiro atoms. The highest BCUT2D eigenvalue weighted by atomic mass is 32.2. The number of hydrogen-bond donors (Lipinski definition) is 1. The van der Waals surface area contributed by atoms with Crippen LogP contribution in [0.2, 0.25) is 0 Å². The van der Waals surface area contributed by atoms with E-state index in [0.29, 0.717) is 17.6 Å². The number of carboxylic acids is 1. The molecular formula is C18H18N2O4S3. The maximum absolute atomic E-state index is 12.4. The Bertz CT molecular complexity index is 1120. The van der Waals surface area contributed by atoms with Gasteiger partial charge in [-0.25, -0.2) is 13.4 Å². The van der Waals surface area contributed by atoms with Crippen molar-refractivity contribution in [2.45, 2.75) is 46.4 Å². The third-order valence-electron chi connectivity index (χ3n) is 4.76. The number of aromatic nitrogens is 2. The van der Waals surface area contributed by atoms with Crippen molar-refractivity contribution >= 4 is 49.9 Å². The molecule has 1 N–H and O–H groups in total. The van der Waals surface area contributed by atoms with Gasteiger partial charge in [0.05, 0.1) is 16.7 Å². The van der Waals surface area contributed by atoms with E-state index in [-0.39, 0.29) is 17.2 Å². The molecule has 4 rings (SSSR count). The van der Waals surface area contributed by atoms with Crippen LogP contribution in [0.15, 0.2) is 43.8 Å². The number of nitrogens with zero attached hydrogens (tertiary/aromatic N) is 2. The molecule has 1 unspecified atom stereocenters. The summed E-state index contributed by atoms with van der Waals surface area (Å²) in [7, 11) is -3.45. The maximum atomic E-state index is 12.4. The Hall–Kier alpha value is -1.84. The fourth-order valence-electron chi connectivity index (χ4n) is 3.73. The minimum Gasteiger partial charge on any atom is -0.481 e. The first kappa shape index (κ1) is 18.5. The van der Waals surface area contributed by atoms with Crippen LogP contribution in [0.5, 0.6) is 0 Å². The number of thiophene rings is 1. The van der Waals surface area contributed by atoms with Gasteiger partial charge in [-0.05, 0) is 30.4 Å². The molecule has 3 aromatic rings. The van der Waals surface area contributed by atoms with Gasteiger partial charge < -0.3 is 9.67 Å². The zero-order valence-corrected chi connectivity index (χ0v) is 17.0. The molecule has 0 radical (unpaired) electrons. The van der Waals surface area contributed by atoms with Gasteiger partial charge >= 0.3 is 5.97 Å². The zero-order chi connectivity index (χ0) is 19.2. The maximum Gasteiger partial charge on any atom is 0.304 e. The fraction of sp³-hybridized carbons (Fsp3) is 0.333. The van der Waals surface area contributed by atoms with E-state index in [2.05, 4.69) is 4.98 Å². The van der Waals surface area contributed by atoms with Gasteiger partial charge in [0.25, 0.3) is 0 Å². The lowest BCUT2D eigenvalue weighted by Gasteiger charge is -2.25. The smallest absolute Gasteiger partial charge is 0.304 e. The summed E-state index contributed by atoms with van der Waals surface area (Å²) in [4.78, 5) is 18.0. The van der Waals surface area contributed by atoms with E-state index in [4.69, 9.17) is 0 Å². The van der Waals surface area contributed by atoms with Crippen LogP contribution in [0.25, 0.3) is 11.0 Å². The summed E-state index contributed by atoms with van der Waals surface area (Å²) in [5.74, 6) is -1.000. The van der Waals surface area contributed by atoms with E-state index < -0.39 is 15.8 Å². The molecule has 1 aliphatic heterocycles. The van der Waals surface area contributed by atoms with Crippen LogP contribution in [0.4, 0.5) is 0 Å². The first-order valence-corrected chi connectivity index (χ1v) is 12.1.